The number of benzene rings is 1. The summed E-state index contributed by atoms with van der Waals surface area (Å²) in [4.78, 5) is 0. The monoisotopic (exact) mass is 201 g/mol. The summed E-state index contributed by atoms with van der Waals surface area (Å²) >= 11 is 0. The molecule has 1 aliphatic heterocycles. The van der Waals surface area contributed by atoms with E-state index in [-0.39, 0.29) is 0 Å². The summed E-state index contributed by atoms with van der Waals surface area (Å²) in [5, 5.41) is 8.32. The second kappa shape index (κ2) is 3.47. The summed E-state index contributed by atoms with van der Waals surface area (Å²) in [6, 6.07) is 10.1. The largest absolute Gasteiger partial charge is 0.372 e. The molecule has 15 heavy (non-hydrogen) atoms. The molecule has 0 atom stereocenters. The van der Waals surface area contributed by atoms with Gasteiger partial charge in [-0.05, 0) is 0 Å². The quantitative estimate of drug-likeness (QED) is 0.701. The molecule has 3 rings (SSSR count). The van der Waals surface area contributed by atoms with Crippen LogP contribution in [0.3, 0.4) is 0 Å². The summed E-state index contributed by atoms with van der Waals surface area (Å²) in [7, 11) is 0. The normalized spacial score (nSPS) is 14.9. The summed E-state index contributed by atoms with van der Waals surface area (Å²) in [5.41, 5.74) is 1.11. The molecule has 76 valence electrons. The molecule has 0 fully saturated rings. The van der Waals surface area contributed by atoms with Gasteiger partial charge in [-0.2, -0.15) is 0 Å². The molecule has 0 N–H and O–H groups in total. The molecule has 0 amide bonds. The second-order valence-corrected chi connectivity index (χ2v) is 3.51. The highest BCUT2D eigenvalue weighted by Gasteiger charge is 2.16. The maximum atomic E-state index is 5.32. The van der Waals surface area contributed by atoms with Crippen molar-refractivity contribution >= 4 is 0 Å². The number of hydrogen-bond donors (Lipinski definition) is 0. The average molecular weight is 201 g/mol. The number of ether oxygens (including phenoxy) is 1. The summed E-state index contributed by atoms with van der Waals surface area (Å²) in [6.07, 6.45) is 0. The van der Waals surface area contributed by atoms with Crippen molar-refractivity contribution in [1.82, 2.24) is 14.8 Å². The molecule has 4 heteroatoms. The zero-order chi connectivity index (χ0) is 10.1. The van der Waals surface area contributed by atoms with Crippen LogP contribution in [0.5, 0.6) is 0 Å². The van der Waals surface area contributed by atoms with Gasteiger partial charge >= 0.3 is 0 Å². The summed E-state index contributed by atoms with van der Waals surface area (Å²) in [6.45, 7) is 2.15. The Kier molecular flexibility index (Phi) is 1.99. The Balaban J connectivity index is 2.09. The number of rotatable bonds is 1. The fourth-order valence-electron chi connectivity index (χ4n) is 1.80. The van der Waals surface area contributed by atoms with Crippen molar-refractivity contribution in [2.75, 3.05) is 6.61 Å². The van der Waals surface area contributed by atoms with Gasteiger partial charge in [0.2, 0.25) is 0 Å². The van der Waals surface area contributed by atoms with Crippen LogP contribution in [0.25, 0.3) is 11.4 Å². The maximum absolute atomic E-state index is 5.32. The van der Waals surface area contributed by atoms with Gasteiger partial charge in [-0.25, -0.2) is 0 Å². The Labute approximate surface area is 87.5 Å². The van der Waals surface area contributed by atoms with Gasteiger partial charge in [0.05, 0.1) is 6.61 Å². The molecule has 0 aliphatic carbocycles. The number of fused-ring (bicyclic) bond motifs is 1. The van der Waals surface area contributed by atoms with E-state index in [9.17, 15) is 0 Å². The zero-order valence-corrected chi connectivity index (χ0v) is 8.26. The lowest BCUT2D eigenvalue weighted by atomic mass is 10.2. The number of aromatic nitrogens is 3. The molecule has 0 radical (unpaired) electrons. The Bertz CT molecular complexity index is 464. The molecule has 0 spiro atoms. The highest BCUT2D eigenvalue weighted by Crippen LogP contribution is 2.19. The first-order valence-electron chi connectivity index (χ1n) is 5.00. The third-order valence-electron chi connectivity index (χ3n) is 2.55. The molecule has 2 heterocycles. The molecule has 0 saturated carbocycles. The lowest BCUT2D eigenvalue weighted by Gasteiger charge is -2.15. The Hall–Kier alpha value is -1.68. The fourth-order valence-corrected chi connectivity index (χ4v) is 1.80. The van der Waals surface area contributed by atoms with Crippen LogP contribution < -0.4 is 0 Å². The lowest BCUT2D eigenvalue weighted by molar-refractivity contribution is 0.0821. The van der Waals surface area contributed by atoms with Crippen LogP contribution in [-0.2, 0) is 17.9 Å². The molecule has 4 nitrogen and oxygen atoms in total. The molecular formula is C11H11N3O. The van der Waals surface area contributed by atoms with Crippen molar-refractivity contribution in [2.24, 2.45) is 0 Å². The molecule has 0 saturated heterocycles. The lowest BCUT2D eigenvalue weighted by Crippen LogP contribution is -2.17. The van der Waals surface area contributed by atoms with E-state index in [0.29, 0.717) is 6.61 Å². The maximum Gasteiger partial charge on any atom is 0.164 e. The first-order valence-corrected chi connectivity index (χ1v) is 5.00. The first kappa shape index (κ1) is 8.61. The number of hydrogen-bond acceptors (Lipinski definition) is 3. The van der Waals surface area contributed by atoms with Crippen LogP contribution in [0.2, 0.25) is 0 Å². The first-order chi connectivity index (χ1) is 7.45. The van der Waals surface area contributed by atoms with E-state index in [0.717, 1.165) is 30.4 Å². The molecule has 1 aliphatic rings. The van der Waals surface area contributed by atoms with Gasteiger partial charge in [-0.15, -0.1) is 10.2 Å². The van der Waals surface area contributed by atoms with Gasteiger partial charge in [0.1, 0.15) is 6.61 Å². The standard InChI is InChI=1S/C11H11N3O/c1-2-4-9(5-3-1)11-13-12-10-8-15-7-6-14(10)11/h1-5H,6-8H2. The molecule has 0 unspecified atom stereocenters. The van der Waals surface area contributed by atoms with Crippen molar-refractivity contribution in [3.63, 3.8) is 0 Å². The van der Waals surface area contributed by atoms with Gasteiger partial charge in [-0.1, -0.05) is 30.3 Å². The smallest absolute Gasteiger partial charge is 0.164 e. The molecule has 0 bridgehead atoms. The van der Waals surface area contributed by atoms with Crippen molar-refractivity contribution in [1.29, 1.82) is 0 Å². The second-order valence-electron chi connectivity index (χ2n) is 3.51. The van der Waals surface area contributed by atoms with E-state index in [1.165, 1.54) is 0 Å². The predicted molar refractivity (Wildman–Crippen MR) is 55.1 cm³/mol. The van der Waals surface area contributed by atoms with Crippen molar-refractivity contribution in [3.8, 4) is 11.4 Å². The zero-order valence-electron chi connectivity index (χ0n) is 8.26. The highest BCUT2D eigenvalue weighted by atomic mass is 16.5. The molecule has 1 aromatic heterocycles. The van der Waals surface area contributed by atoms with Crippen LogP contribution >= 0.6 is 0 Å². The van der Waals surface area contributed by atoms with Crippen molar-refractivity contribution in [3.05, 3.63) is 36.2 Å². The minimum Gasteiger partial charge on any atom is -0.372 e. The third kappa shape index (κ3) is 1.43. The average Bonchev–Trinajstić information content (AvgIpc) is 2.74. The SMILES string of the molecule is c1ccc(-c2nnc3n2CCOC3)cc1. The molecular weight excluding hydrogens is 190 g/mol. The minimum atomic E-state index is 0.569. The van der Waals surface area contributed by atoms with E-state index in [1.807, 2.05) is 30.3 Å². The van der Waals surface area contributed by atoms with E-state index in [1.54, 1.807) is 0 Å². The van der Waals surface area contributed by atoms with Crippen LogP contribution in [-0.4, -0.2) is 21.4 Å². The van der Waals surface area contributed by atoms with Crippen LogP contribution in [0.1, 0.15) is 5.82 Å². The van der Waals surface area contributed by atoms with Crippen molar-refractivity contribution in [2.45, 2.75) is 13.2 Å². The summed E-state index contributed by atoms with van der Waals surface area (Å²) in [5.74, 6) is 1.86. The van der Waals surface area contributed by atoms with Gasteiger partial charge in [0.25, 0.3) is 0 Å². The van der Waals surface area contributed by atoms with Crippen molar-refractivity contribution < 1.29 is 4.74 Å². The minimum absolute atomic E-state index is 0.569. The predicted octanol–water partition coefficient (Wildman–Crippen LogP) is 1.48. The topological polar surface area (TPSA) is 39.9 Å². The third-order valence-corrected chi connectivity index (χ3v) is 2.55. The Morgan fingerprint density at radius 3 is 2.87 bits per heavy atom. The molecule has 1 aromatic carbocycles. The number of nitrogens with zero attached hydrogens (tertiary/aromatic N) is 3. The van der Waals surface area contributed by atoms with E-state index in [4.69, 9.17) is 4.74 Å². The van der Waals surface area contributed by atoms with Crippen LogP contribution in [0.4, 0.5) is 0 Å². The molecule has 2 aromatic rings. The van der Waals surface area contributed by atoms with E-state index >= 15 is 0 Å². The van der Waals surface area contributed by atoms with E-state index in [2.05, 4.69) is 14.8 Å². The summed E-state index contributed by atoms with van der Waals surface area (Å²) < 4.78 is 7.45. The van der Waals surface area contributed by atoms with Gasteiger partial charge in [-0.3, -0.25) is 0 Å². The van der Waals surface area contributed by atoms with Gasteiger partial charge in [0.15, 0.2) is 11.6 Å². The van der Waals surface area contributed by atoms with Crippen LogP contribution in [0, 0.1) is 0 Å². The van der Waals surface area contributed by atoms with E-state index < -0.39 is 0 Å². The van der Waals surface area contributed by atoms with Crippen LogP contribution in [0.15, 0.2) is 30.3 Å². The fraction of sp³-hybridized carbons (Fsp3) is 0.273. The Morgan fingerprint density at radius 2 is 2.00 bits per heavy atom. The van der Waals surface area contributed by atoms with Gasteiger partial charge < -0.3 is 9.30 Å². The van der Waals surface area contributed by atoms with Gasteiger partial charge in [0, 0.05) is 12.1 Å². The Morgan fingerprint density at radius 1 is 1.13 bits per heavy atom. The highest BCUT2D eigenvalue weighted by molar-refractivity contribution is 5.54.